The molecule has 0 unspecified atom stereocenters. The van der Waals surface area contributed by atoms with Gasteiger partial charge in [0.25, 0.3) is 0 Å². The summed E-state index contributed by atoms with van der Waals surface area (Å²) in [5.74, 6) is 0. The zero-order valence-electron chi connectivity index (χ0n) is 11.1. The van der Waals surface area contributed by atoms with Crippen LogP contribution in [0.4, 0.5) is 5.13 Å². The van der Waals surface area contributed by atoms with Crippen LogP contribution in [-0.2, 0) is 19.5 Å². The molecule has 6 heteroatoms. The fourth-order valence-electron chi connectivity index (χ4n) is 1.86. The van der Waals surface area contributed by atoms with Gasteiger partial charge < -0.3 is 10.6 Å². The van der Waals surface area contributed by atoms with Gasteiger partial charge in [0.05, 0.1) is 12.2 Å². The van der Waals surface area contributed by atoms with Crippen LogP contribution in [0.5, 0.6) is 0 Å². The second kappa shape index (κ2) is 6.83. The number of nitrogens with zero attached hydrogens (tertiary/aromatic N) is 2. The molecule has 0 radical (unpaired) electrons. The monoisotopic (exact) mass is 359 g/mol. The number of rotatable bonds is 6. The normalized spacial score (nSPS) is 10.9. The molecule has 19 heavy (non-hydrogen) atoms. The van der Waals surface area contributed by atoms with E-state index in [4.69, 9.17) is 10.7 Å². The summed E-state index contributed by atoms with van der Waals surface area (Å²) in [6, 6.07) is 2.16. The first kappa shape index (κ1) is 15.0. The van der Waals surface area contributed by atoms with Crippen molar-refractivity contribution in [1.29, 1.82) is 0 Å². The van der Waals surface area contributed by atoms with E-state index in [-0.39, 0.29) is 0 Å². The average molecular weight is 360 g/mol. The van der Waals surface area contributed by atoms with Crippen molar-refractivity contribution in [2.45, 2.75) is 32.9 Å². The number of hydrogen-bond acceptors (Lipinski definition) is 5. The van der Waals surface area contributed by atoms with E-state index < -0.39 is 0 Å². The van der Waals surface area contributed by atoms with E-state index >= 15 is 0 Å². The Bertz CT molecular complexity index is 536. The summed E-state index contributed by atoms with van der Waals surface area (Å²) in [4.78, 5) is 9.47. The van der Waals surface area contributed by atoms with E-state index in [1.165, 1.54) is 15.4 Å². The summed E-state index contributed by atoms with van der Waals surface area (Å²) in [6.45, 7) is 3.65. The number of anilines is 1. The van der Waals surface area contributed by atoms with Crippen LogP contribution in [0.15, 0.2) is 15.9 Å². The van der Waals surface area contributed by atoms with Crippen molar-refractivity contribution in [2.24, 2.45) is 5.73 Å². The molecule has 0 bridgehead atoms. The van der Waals surface area contributed by atoms with Gasteiger partial charge in [0.1, 0.15) is 0 Å². The highest BCUT2D eigenvalue weighted by Crippen LogP contribution is 2.28. The standard InChI is InChI=1S/C13H18BrN3S2/c1-3-4-11-12(6-15)19-13(16-11)17(2)7-10-5-9(14)8-18-10/h5,8H,3-4,6-7,15H2,1-2H3. The van der Waals surface area contributed by atoms with Gasteiger partial charge in [-0.05, 0) is 28.4 Å². The molecule has 2 aromatic rings. The molecule has 0 aliphatic rings. The molecule has 2 N–H and O–H groups in total. The van der Waals surface area contributed by atoms with Crippen LogP contribution in [0.3, 0.4) is 0 Å². The molecule has 0 atom stereocenters. The molecule has 0 saturated heterocycles. The third kappa shape index (κ3) is 3.78. The summed E-state index contributed by atoms with van der Waals surface area (Å²) in [6.07, 6.45) is 2.12. The van der Waals surface area contributed by atoms with E-state index in [1.54, 1.807) is 22.7 Å². The van der Waals surface area contributed by atoms with E-state index in [1.807, 2.05) is 0 Å². The molecule has 3 nitrogen and oxygen atoms in total. The van der Waals surface area contributed by atoms with Gasteiger partial charge in [-0.1, -0.05) is 13.3 Å². The molecule has 0 amide bonds. The van der Waals surface area contributed by atoms with Gasteiger partial charge in [-0.2, -0.15) is 0 Å². The molecule has 104 valence electrons. The summed E-state index contributed by atoms with van der Waals surface area (Å²) >= 11 is 6.97. The molecule has 2 aromatic heterocycles. The molecular weight excluding hydrogens is 342 g/mol. The lowest BCUT2D eigenvalue weighted by Gasteiger charge is -2.14. The molecule has 0 fully saturated rings. The maximum absolute atomic E-state index is 5.80. The molecule has 0 spiro atoms. The number of halogens is 1. The van der Waals surface area contributed by atoms with Gasteiger partial charge in [0.15, 0.2) is 5.13 Å². The fraction of sp³-hybridized carbons (Fsp3) is 0.462. The zero-order chi connectivity index (χ0) is 13.8. The van der Waals surface area contributed by atoms with Crippen LogP contribution in [0.1, 0.15) is 28.8 Å². The number of thiazole rings is 1. The van der Waals surface area contributed by atoms with E-state index in [9.17, 15) is 0 Å². The lowest BCUT2D eigenvalue weighted by Crippen LogP contribution is -2.15. The smallest absolute Gasteiger partial charge is 0.185 e. The van der Waals surface area contributed by atoms with Crippen molar-refractivity contribution in [2.75, 3.05) is 11.9 Å². The molecular formula is C13H18BrN3S2. The lowest BCUT2D eigenvalue weighted by atomic mass is 10.2. The van der Waals surface area contributed by atoms with Crippen molar-refractivity contribution in [3.63, 3.8) is 0 Å². The Morgan fingerprint density at radius 3 is 2.84 bits per heavy atom. The SMILES string of the molecule is CCCc1nc(N(C)Cc2cc(Br)cs2)sc1CN. The van der Waals surface area contributed by atoms with E-state index in [0.29, 0.717) is 6.54 Å². The Morgan fingerprint density at radius 2 is 2.26 bits per heavy atom. The molecule has 2 rings (SSSR count). The Morgan fingerprint density at radius 1 is 1.47 bits per heavy atom. The van der Waals surface area contributed by atoms with Crippen molar-refractivity contribution in [3.05, 3.63) is 31.4 Å². The Kier molecular flexibility index (Phi) is 5.38. The van der Waals surface area contributed by atoms with Crippen LogP contribution in [-0.4, -0.2) is 12.0 Å². The maximum Gasteiger partial charge on any atom is 0.185 e. The first-order valence-corrected chi connectivity index (χ1v) is 8.75. The highest BCUT2D eigenvalue weighted by atomic mass is 79.9. The van der Waals surface area contributed by atoms with Crippen LogP contribution in [0.2, 0.25) is 0 Å². The van der Waals surface area contributed by atoms with Crippen LogP contribution < -0.4 is 10.6 Å². The largest absolute Gasteiger partial charge is 0.346 e. The number of aryl methyl sites for hydroxylation is 1. The number of nitrogens with two attached hydrogens (primary N) is 1. The predicted octanol–water partition coefficient (Wildman–Crippen LogP) is 4.01. The summed E-state index contributed by atoms with van der Waals surface area (Å²) in [5, 5.41) is 3.17. The zero-order valence-corrected chi connectivity index (χ0v) is 14.4. The highest BCUT2D eigenvalue weighted by molar-refractivity contribution is 9.10. The molecule has 0 aliphatic carbocycles. The third-order valence-corrected chi connectivity index (χ3v) is 5.70. The van der Waals surface area contributed by atoms with Crippen LogP contribution in [0.25, 0.3) is 0 Å². The number of hydrogen-bond donors (Lipinski definition) is 1. The summed E-state index contributed by atoms with van der Waals surface area (Å²) < 4.78 is 1.15. The van der Waals surface area contributed by atoms with Gasteiger partial charge in [0.2, 0.25) is 0 Å². The van der Waals surface area contributed by atoms with Gasteiger partial charge in [0, 0.05) is 33.2 Å². The topological polar surface area (TPSA) is 42.2 Å². The van der Waals surface area contributed by atoms with Crippen LogP contribution in [0, 0.1) is 0 Å². The highest BCUT2D eigenvalue weighted by Gasteiger charge is 2.13. The van der Waals surface area contributed by atoms with Gasteiger partial charge in [-0.25, -0.2) is 4.98 Å². The lowest BCUT2D eigenvalue weighted by molar-refractivity contribution is 0.857. The quantitative estimate of drug-likeness (QED) is 0.846. The minimum Gasteiger partial charge on any atom is -0.346 e. The second-order valence-electron chi connectivity index (χ2n) is 4.41. The van der Waals surface area contributed by atoms with Gasteiger partial charge >= 0.3 is 0 Å². The Hall–Kier alpha value is -0.430. The average Bonchev–Trinajstić information content (AvgIpc) is 2.96. The fourth-order valence-corrected chi connectivity index (χ4v) is 4.31. The third-order valence-electron chi connectivity index (χ3n) is 2.78. The van der Waals surface area contributed by atoms with Crippen molar-refractivity contribution in [3.8, 4) is 0 Å². The van der Waals surface area contributed by atoms with Crippen molar-refractivity contribution < 1.29 is 0 Å². The van der Waals surface area contributed by atoms with Gasteiger partial charge in [-0.15, -0.1) is 22.7 Å². The number of thiophene rings is 1. The van der Waals surface area contributed by atoms with Gasteiger partial charge in [-0.3, -0.25) is 0 Å². The minimum absolute atomic E-state index is 0.589. The Labute approximate surface area is 130 Å². The first-order valence-electron chi connectivity index (χ1n) is 6.26. The molecule has 0 aromatic carbocycles. The molecule has 2 heterocycles. The molecule has 0 saturated carbocycles. The molecule has 0 aliphatic heterocycles. The predicted molar refractivity (Wildman–Crippen MR) is 88.1 cm³/mol. The Balaban J connectivity index is 2.12. The van der Waals surface area contributed by atoms with E-state index in [0.717, 1.165) is 29.0 Å². The van der Waals surface area contributed by atoms with Crippen LogP contribution >= 0.6 is 38.6 Å². The summed E-state index contributed by atoms with van der Waals surface area (Å²) in [5.41, 5.74) is 6.97. The van der Waals surface area contributed by atoms with Crippen molar-refractivity contribution >= 4 is 43.7 Å². The minimum atomic E-state index is 0.589. The number of aromatic nitrogens is 1. The first-order chi connectivity index (χ1) is 9.13. The van der Waals surface area contributed by atoms with Crippen molar-refractivity contribution in [1.82, 2.24) is 4.98 Å². The summed E-state index contributed by atoms with van der Waals surface area (Å²) in [7, 11) is 2.09. The second-order valence-corrected chi connectivity index (χ2v) is 7.38. The maximum atomic E-state index is 5.80. The van der Waals surface area contributed by atoms with E-state index in [2.05, 4.69) is 46.2 Å².